The Morgan fingerprint density at radius 3 is 2.46 bits per heavy atom. The number of rotatable bonds is 9. The van der Waals surface area contributed by atoms with Crippen molar-refractivity contribution < 1.29 is 28.0 Å². The molecule has 1 aliphatic heterocycles. The Labute approximate surface area is 206 Å². The number of ether oxygens (including phenoxy) is 2. The van der Waals surface area contributed by atoms with Gasteiger partial charge < -0.3 is 24.1 Å². The molecule has 2 aliphatic rings. The molecule has 0 aromatic heterocycles. The van der Waals surface area contributed by atoms with Crippen LogP contribution in [-0.4, -0.2) is 37.6 Å². The zero-order valence-corrected chi connectivity index (χ0v) is 20.8. The summed E-state index contributed by atoms with van der Waals surface area (Å²) in [6.07, 6.45) is 3.51. The van der Waals surface area contributed by atoms with Gasteiger partial charge in [-0.2, -0.15) is 0 Å². The van der Waals surface area contributed by atoms with Crippen molar-refractivity contribution in [1.82, 2.24) is 5.32 Å². The van der Waals surface area contributed by atoms with Gasteiger partial charge in [-0.05, 0) is 75.7 Å². The van der Waals surface area contributed by atoms with Crippen molar-refractivity contribution in [3.8, 4) is 5.75 Å². The normalized spacial score (nSPS) is 18.9. The van der Waals surface area contributed by atoms with Gasteiger partial charge in [-0.1, -0.05) is 36.4 Å². The van der Waals surface area contributed by atoms with Gasteiger partial charge in [-0.25, -0.2) is 9.18 Å². The van der Waals surface area contributed by atoms with E-state index in [1.54, 1.807) is 12.1 Å². The van der Waals surface area contributed by atoms with Gasteiger partial charge in [-0.15, -0.1) is 0 Å². The van der Waals surface area contributed by atoms with Gasteiger partial charge in [0.1, 0.15) is 18.2 Å². The van der Waals surface area contributed by atoms with Crippen molar-refractivity contribution in [2.45, 2.75) is 58.3 Å². The number of nitrogens with one attached hydrogen (secondary N) is 1. The summed E-state index contributed by atoms with van der Waals surface area (Å²) in [7, 11) is -0.728. The number of hydrogen-bond donors (Lipinski definition) is 1. The van der Waals surface area contributed by atoms with Crippen LogP contribution in [0, 0.1) is 11.7 Å². The largest absolute Gasteiger partial charge is 0.493 e. The average Bonchev–Trinajstić information content (AvgIpc) is 3.60. The van der Waals surface area contributed by atoms with Crippen molar-refractivity contribution in [1.29, 1.82) is 0 Å². The maximum atomic E-state index is 14.2. The molecule has 2 fully saturated rings. The fraction of sp³-hybridized carbons (Fsp3) is 0.444. The van der Waals surface area contributed by atoms with E-state index >= 15 is 0 Å². The second-order valence-electron chi connectivity index (χ2n) is 10.2. The van der Waals surface area contributed by atoms with Gasteiger partial charge in [0.15, 0.2) is 0 Å². The Morgan fingerprint density at radius 1 is 1.11 bits per heavy atom. The van der Waals surface area contributed by atoms with E-state index in [0.29, 0.717) is 29.3 Å². The fourth-order valence-electron chi connectivity index (χ4n) is 3.60. The number of carbonyl (C=O) groups excluding carboxylic acids is 1. The van der Waals surface area contributed by atoms with Crippen LogP contribution in [0.3, 0.4) is 0 Å². The van der Waals surface area contributed by atoms with Crippen LogP contribution < -0.4 is 10.1 Å². The first kappa shape index (κ1) is 25.3. The van der Waals surface area contributed by atoms with Crippen molar-refractivity contribution in [2.24, 2.45) is 5.92 Å². The summed E-state index contributed by atoms with van der Waals surface area (Å²) in [5.41, 5.74) is 0.939. The van der Waals surface area contributed by atoms with E-state index in [4.69, 9.17) is 18.8 Å². The summed E-state index contributed by atoms with van der Waals surface area (Å²) in [5, 5.41) is 2.78. The molecule has 6 nitrogen and oxygen atoms in total. The second-order valence-corrected chi connectivity index (χ2v) is 10.2. The average molecular weight is 481 g/mol. The summed E-state index contributed by atoms with van der Waals surface area (Å²) < 4.78 is 37.9. The van der Waals surface area contributed by atoms with Crippen LogP contribution in [0.5, 0.6) is 5.75 Å². The number of amides is 1. The van der Waals surface area contributed by atoms with E-state index in [0.717, 1.165) is 18.4 Å². The molecule has 1 heterocycles. The highest BCUT2D eigenvalue weighted by atomic mass is 19.1. The van der Waals surface area contributed by atoms with E-state index < -0.39 is 24.4 Å². The number of benzene rings is 2. The SMILES string of the molecule is CC1(C)OB(C(=Cc2cc(F)ccc2OCC2CC2)CNC(=O)OCc2ccccc2)OC1(C)C. The van der Waals surface area contributed by atoms with E-state index in [2.05, 4.69) is 5.32 Å². The van der Waals surface area contributed by atoms with Gasteiger partial charge in [0, 0.05) is 12.1 Å². The van der Waals surface area contributed by atoms with Gasteiger partial charge in [-0.3, -0.25) is 0 Å². The van der Waals surface area contributed by atoms with Crippen LogP contribution >= 0.6 is 0 Å². The zero-order chi connectivity index (χ0) is 25.1. The molecular formula is C27H33BFNO5. The molecule has 1 aliphatic carbocycles. The molecule has 8 heteroatoms. The molecule has 1 N–H and O–H groups in total. The summed E-state index contributed by atoms with van der Waals surface area (Å²) in [6, 6.07) is 13.9. The highest BCUT2D eigenvalue weighted by molar-refractivity contribution is 6.56. The van der Waals surface area contributed by atoms with E-state index in [-0.39, 0.29) is 19.0 Å². The quantitative estimate of drug-likeness (QED) is 0.476. The van der Waals surface area contributed by atoms with Crippen molar-refractivity contribution in [2.75, 3.05) is 13.2 Å². The Kier molecular flexibility index (Phi) is 7.52. The number of halogens is 1. The Bertz CT molecular complexity index is 1050. The first-order chi connectivity index (χ1) is 16.6. The molecule has 2 aromatic carbocycles. The summed E-state index contributed by atoms with van der Waals surface area (Å²) in [6.45, 7) is 8.69. The lowest BCUT2D eigenvalue weighted by Crippen LogP contribution is -2.41. The first-order valence-corrected chi connectivity index (χ1v) is 12.1. The lowest BCUT2D eigenvalue weighted by Gasteiger charge is -2.32. The highest BCUT2D eigenvalue weighted by Crippen LogP contribution is 2.39. The molecule has 1 amide bonds. The zero-order valence-electron chi connectivity index (χ0n) is 20.8. The maximum absolute atomic E-state index is 14.2. The lowest BCUT2D eigenvalue weighted by molar-refractivity contribution is 0.00578. The minimum atomic E-state index is -0.728. The third kappa shape index (κ3) is 6.64. The lowest BCUT2D eigenvalue weighted by atomic mass is 9.77. The number of alkyl carbamates (subject to hydrolysis) is 1. The maximum Gasteiger partial charge on any atom is 0.492 e. The van der Waals surface area contributed by atoms with Crippen LogP contribution in [0.25, 0.3) is 6.08 Å². The van der Waals surface area contributed by atoms with Gasteiger partial charge in [0.25, 0.3) is 0 Å². The van der Waals surface area contributed by atoms with E-state index in [9.17, 15) is 9.18 Å². The molecule has 1 saturated carbocycles. The standard InChI is InChI=1S/C27H33BFNO5/c1-26(2)27(3,4)35-28(34-26)22(16-30-25(31)33-18-19-8-6-5-7-9-19)14-21-15-23(29)12-13-24(21)32-17-20-10-11-20/h5-9,12-15,20H,10-11,16-18H2,1-4H3,(H,30,31). The third-order valence-corrected chi connectivity index (χ3v) is 6.69. The van der Waals surface area contributed by atoms with Gasteiger partial charge >= 0.3 is 13.2 Å². The smallest absolute Gasteiger partial charge is 0.492 e. The van der Waals surface area contributed by atoms with Crippen molar-refractivity contribution >= 4 is 19.3 Å². The van der Waals surface area contributed by atoms with Crippen molar-refractivity contribution in [3.05, 3.63) is 70.9 Å². The predicted molar refractivity (Wildman–Crippen MR) is 133 cm³/mol. The molecule has 0 spiro atoms. The number of carbonyl (C=O) groups is 1. The third-order valence-electron chi connectivity index (χ3n) is 6.69. The molecule has 1 saturated heterocycles. The molecule has 0 unspecified atom stereocenters. The molecule has 35 heavy (non-hydrogen) atoms. The first-order valence-electron chi connectivity index (χ1n) is 12.1. The predicted octanol–water partition coefficient (Wildman–Crippen LogP) is 5.56. The number of hydrogen-bond acceptors (Lipinski definition) is 5. The van der Waals surface area contributed by atoms with Crippen molar-refractivity contribution in [3.63, 3.8) is 0 Å². The Hall–Kier alpha value is -2.84. The molecule has 2 aromatic rings. The van der Waals surface area contributed by atoms with E-state index in [1.807, 2.05) is 58.0 Å². The topological polar surface area (TPSA) is 66.0 Å². The molecule has 0 atom stereocenters. The minimum Gasteiger partial charge on any atom is -0.493 e. The summed E-state index contributed by atoms with van der Waals surface area (Å²) in [4.78, 5) is 12.4. The minimum absolute atomic E-state index is 0.100. The Balaban J connectivity index is 1.52. The van der Waals surface area contributed by atoms with Crippen LogP contribution in [0.1, 0.15) is 51.7 Å². The fourth-order valence-corrected chi connectivity index (χ4v) is 3.60. The van der Waals surface area contributed by atoms with Gasteiger partial charge in [0.2, 0.25) is 0 Å². The Morgan fingerprint density at radius 2 is 1.80 bits per heavy atom. The van der Waals surface area contributed by atoms with E-state index in [1.165, 1.54) is 12.1 Å². The van der Waals surface area contributed by atoms with Crippen LogP contribution in [0.2, 0.25) is 0 Å². The summed E-state index contributed by atoms with van der Waals surface area (Å²) in [5.74, 6) is 0.762. The highest BCUT2D eigenvalue weighted by Gasteiger charge is 2.52. The molecule has 186 valence electrons. The van der Waals surface area contributed by atoms with Gasteiger partial charge in [0.05, 0.1) is 17.8 Å². The molecule has 4 rings (SSSR count). The molecule has 0 radical (unpaired) electrons. The van der Waals surface area contributed by atoms with Crippen LogP contribution in [0.4, 0.5) is 9.18 Å². The van der Waals surface area contributed by atoms with Crippen LogP contribution in [0.15, 0.2) is 54.0 Å². The molecular weight excluding hydrogens is 448 g/mol. The van der Waals surface area contributed by atoms with Crippen LogP contribution in [-0.2, 0) is 20.7 Å². The monoisotopic (exact) mass is 481 g/mol. The summed E-state index contributed by atoms with van der Waals surface area (Å²) >= 11 is 0. The molecule has 0 bridgehead atoms. The second kappa shape index (κ2) is 10.4.